The molecule has 0 aliphatic carbocycles. The SMILES string of the molecule is CCCCCC/C=C/COC(=O)CCCCCCCC(N)(CCCCCCCC(=O)OC/C=C/CCCCCC)N(C)CCNC. The van der Waals surface area contributed by atoms with Crippen LogP contribution in [0.1, 0.15) is 168 Å². The molecule has 0 aliphatic rings. The van der Waals surface area contributed by atoms with Gasteiger partial charge in [-0.25, -0.2) is 0 Å². The zero-order valence-electron chi connectivity index (χ0n) is 30.8. The highest BCUT2D eigenvalue weighted by atomic mass is 16.5. The maximum Gasteiger partial charge on any atom is 0.306 e. The number of esters is 2. The van der Waals surface area contributed by atoms with Crippen LogP contribution in [0, 0.1) is 0 Å². The van der Waals surface area contributed by atoms with Crippen molar-refractivity contribution in [3.63, 3.8) is 0 Å². The largest absolute Gasteiger partial charge is 0.461 e. The Morgan fingerprint density at radius 1 is 0.630 bits per heavy atom. The second-order valence-electron chi connectivity index (χ2n) is 13.2. The Balaban J connectivity index is 4.06. The van der Waals surface area contributed by atoms with Crippen LogP contribution in [0.5, 0.6) is 0 Å². The number of ether oxygens (including phenoxy) is 2. The highest BCUT2D eigenvalue weighted by molar-refractivity contribution is 5.69. The fourth-order valence-electron chi connectivity index (χ4n) is 5.65. The molecule has 0 spiro atoms. The zero-order chi connectivity index (χ0) is 34.0. The van der Waals surface area contributed by atoms with Crippen LogP contribution in [-0.4, -0.2) is 62.9 Å². The second kappa shape index (κ2) is 33.2. The molecule has 0 radical (unpaired) electrons. The third-order valence-electron chi connectivity index (χ3n) is 8.90. The fourth-order valence-corrected chi connectivity index (χ4v) is 5.65. The molecule has 0 amide bonds. The predicted molar refractivity (Wildman–Crippen MR) is 196 cm³/mol. The number of rotatable bonds is 34. The van der Waals surface area contributed by atoms with E-state index in [4.69, 9.17) is 15.2 Å². The van der Waals surface area contributed by atoms with E-state index in [0.717, 1.165) is 103 Å². The van der Waals surface area contributed by atoms with Crippen molar-refractivity contribution in [2.75, 3.05) is 40.4 Å². The monoisotopic (exact) mass is 650 g/mol. The van der Waals surface area contributed by atoms with Gasteiger partial charge in [-0.1, -0.05) is 128 Å². The molecule has 270 valence electrons. The molecule has 7 heteroatoms. The Morgan fingerprint density at radius 3 is 1.48 bits per heavy atom. The van der Waals surface area contributed by atoms with Crippen molar-refractivity contribution >= 4 is 11.9 Å². The molecule has 7 nitrogen and oxygen atoms in total. The summed E-state index contributed by atoms with van der Waals surface area (Å²) in [6, 6.07) is 0. The van der Waals surface area contributed by atoms with Gasteiger partial charge in [-0.2, -0.15) is 0 Å². The maximum atomic E-state index is 12.0. The van der Waals surface area contributed by atoms with E-state index in [9.17, 15) is 9.59 Å². The number of allylic oxidation sites excluding steroid dienone is 2. The summed E-state index contributed by atoms with van der Waals surface area (Å²) in [4.78, 5) is 26.3. The van der Waals surface area contributed by atoms with Crippen molar-refractivity contribution in [1.29, 1.82) is 0 Å². The maximum absolute atomic E-state index is 12.0. The number of hydrogen-bond acceptors (Lipinski definition) is 7. The van der Waals surface area contributed by atoms with E-state index in [1.165, 1.54) is 51.4 Å². The normalized spacial score (nSPS) is 12.1. The number of carbonyl (C=O) groups excluding carboxylic acids is 2. The van der Waals surface area contributed by atoms with Crippen LogP contribution in [0.4, 0.5) is 0 Å². The van der Waals surface area contributed by atoms with E-state index in [1.807, 2.05) is 19.2 Å². The van der Waals surface area contributed by atoms with Crippen molar-refractivity contribution in [3.05, 3.63) is 24.3 Å². The van der Waals surface area contributed by atoms with Gasteiger partial charge in [0.05, 0.1) is 5.66 Å². The highest BCUT2D eigenvalue weighted by Gasteiger charge is 2.28. The Kier molecular flexibility index (Phi) is 32.0. The Morgan fingerprint density at radius 2 is 1.04 bits per heavy atom. The van der Waals surface area contributed by atoms with Gasteiger partial charge in [0.1, 0.15) is 13.2 Å². The summed E-state index contributed by atoms with van der Waals surface area (Å²) in [6.07, 6.45) is 34.1. The molecule has 0 heterocycles. The Bertz CT molecular complexity index is 704. The van der Waals surface area contributed by atoms with Gasteiger partial charge in [0.2, 0.25) is 0 Å². The summed E-state index contributed by atoms with van der Waals surface area (Å²) < 4.78 is 10.7. The van der Waals surface area contributed by atoms with Crippen molar-refractivity contribution in [2.45, 2.75) is 174 Å². The number of hydrogen-bond donors (Lipinski definition) is 2. The van der Waals surface area contributed by atoms with E-state index in [1.54, 1.807) is 0 Å². The molecule has 0 saturated carbocycles. The first kappa shape index (κ1) is 44.3. The van der Waals surface area contributed by atoms with E-state index in [2.05, 4.69) is 43.3 Å². The minimum absolute atomic E-state index is 0.0843. The Labute approximate surface area is 284 Å². The number of nitrogens with one attached hydrogen (secondary N) is 1. The van der Waals surface area contributed by atoms with E-state index in [0.29, 0.717) is 26.1 Å². The summed E-state index contributed by atoms with van der Waals surface area (Å²) in [5.41, 5.74) is 6.71. The topological polar surface area (TPSA) is 93.9 Å². The van der Waals surface area contributed by atoms with E-state index >= 15 is 0 Å². The highest BCUT2D eigenvalue weighted by Crippen LogP contribution is 2.24. The van der Waals surface area contributed by atoms with Crippen LogP contribution >= 0.6 is 0 Å². The molecule has 0 atom stereocenters. The minimum Gasteiger partial charge on any atom is -0.461 e. The van der Waals surface area contributed by atoms with Crippen LogP contribution in [-0.2, 0) is 19.1 Å². The molecule has 46 heavy (non-hydrogen) atoms. The molecule has 0 rings (SSSR count). The van der Waals surface area contributed by atoms with Gasteiger partial charge in [0.25, 0.3) is 0 Å². The Hall–Kier alpha value is -1.70. The summed E-state index contributed by atoms with van der Waals surface area (Å²) in [5.74, 6) is -0.169. The molecule has 0 unspecified atom stereocenters. The van der Waals surface area contributed by atoms with E-state index < -0.39 is 0 Å². The van der Waals surface area contributed by atoms with Crippen molar-refractivity contribution in [3.8, 4) is 0 Å². The molecule has 0 aromatic heterocycles. The first-order valence-corrected chi connectivity index (χ1v) is 19.2. The average Bonchev–Trinajstić information content (AvgIpc) is 3.05. The molecule has 0 bridgehead atoms. The van der Waals surface area contributed by atoms with Gasteiger partial charge < -0.3 is 20.5 Å². The standard InChI is InChI=1S/C39H75N3O4/c1-5-7-9-11-13-21-27-35-45-37(43)29-23-17-15-19-25-31-39(40,42(4)34-33-41-3)32-26-20-16-18-24-30-38(44)46-36-28-22-14-12-10-8-6-2/h21-22,27-28,41H,5-20,23-26,29-36,40H2,1-4H3/b27-21+,28-22+. The van der Waals surface area contributed by atoms with Gasteiger partial charge in [-0.3, -0.25) is 14.5 Å². The lowest BCUT2D eigenvalue weighted by atomic mass is 9.93. The number of carbonyl (C=O) groups is 2. The number of nitrogens with zero attached hydrogens (tertiary/aromatic N) is 1. The smallest absolute Gasteiger partial charge is 0.306 e. The van der Waals surface area contributed by atoms with Gasteiger partial charge in [0, 0.05) is 25.9 Å². The minimum atomic E-state index is -0.294. The number of nitrogens with two attached hydrogens (primary N) is 1. The lowest BCUT2D eigenvalue weighted by Crippen LogP contribution is -2.55. The summed E-state index contributed by atoms with van der Waals surface area (Å²) >= 11 is 0. The van der Waals surface area contributed by atoms with Gasteiger partial charge >= 0.3 is 11.9 Å². The van der Waals surface area contributed by atoms with Crippen LogP contribution in [0.15, 0.2) is 24.3 Å². The lowest BCUT2D eigenvalue weighted by Gasteiger charge is -2.39. The van der Waals surface area contributed by atoms with E-state index in [-0.39, 0.29) is 17.6 Å². The fraction of sp³-hybridized carbons (Fsp3) is 0.846. The molecule has 0 aromatic rings. The molecule has 0 aromatic carbocycles. The third-order valence-corrected chi connectivity index (χ3v) is 8.90. The van der Waals surface area contributed by atoms with Gasteiger partial charge in [0.15, 0.2) is 0 Å². The van der Waals surface area contributed by atoms with Crippen LogP contribution in [0.3, 0.4) is 0 Å². The second-order valence-corrected chi connectivity index (χ2v) is 13.2. The summed E-state index contributed by atoms with van der Waals surface area (Å²) in [6.45, 7) is 7.10. The predicted octanol–water partition coefficient (Wildman–Crippen LogP) is 9.39. The van der Waals surface area contributed by atoms with Crippen molar-refractivity contribution in [2.24, 2.45) is 5.73 Å². The molecule has 0 aliphatic heterocycles. The molecule has 3 N–H and O–H groups in total. The number of likely N-dealkylation sites (N-methyl/N-ethyl adjacent to an activating group) is 2. The van der Waals surface area contributed by atoms with Crippen LogP contribution in [0.25, 0.3) is 0 Å². The van der Waals surface area contributed by atoms with Gasteiger partial charge in [-0.05, 0) is 65.5 Å². The molecule has 0 fully saturated rings. The van der Waals surface area contributed by atoms with Crippen molar-refractivity contribution in [1.82, 2.24) is 10.2 Å². The van der Waals surface area contributed by atoms with Gasteiger partial charge in [-0.15, -0.1) is 0 Å². The molecular formula is C39H75N3O4. The van der Waals surface area contributed by atoms with Crippen molar-refractivity contribution < 1.29 is 19.1 Å². The van der Waals surface area contributed by atoms with Crippen LogP contribution in [0.2, 0.25) is 0 Å². The first-order chi connectivity index (χ1) is 22.4. The summed E-state index contributed by atoms with van der Waals surface area (Å²) in [7, 11) is 4.13. The van der Waals surface area contributed by atoms with Crippen LogP contribution < -0.4 is 11.1 Å². The zero-order valence-corrected chi connectivity index (χ0v) is 30.8. The molecule has 0 saturated heterocycles. The third kappa shape index (κ3) is 28.5. The quantitative estimate of drug-likeness (QED) is 0.0310. The first-order valence-electron chi connectivity index (χ1n) is 19.2. The number of unbranched alkanes of at least 4 members (excludes halogenated alkanes) is 16. The summed E-state index contributed by atoms with van der Waals surface area (Å²) in [5, 5.41) is 3.25. The average molecular weight is 650 g/mol. The molecular weight excluding hydrogens is 574 g/mol. The lowest BCUT2D eigenvalue weighted by molar-refractivity contribution is -0.143.